The Labute approximate surface area is 199 Å². The largest absolute Gasteiger partial charge is 0.461 e. The molecule has 0 atom stereocenters. The Hall–Kier alpha value is -2.26. The van der Waals surface area contributed by atoms with E-state index >= 15 is 0 Å². The van der Waals surface area contributed by atoms with Crippen LogP contribution in [0.2, 0.25) is 0 Å². The van der Waals surface area contributed by atoms with Gasteiger partial charge in [-0.1, -0.05) is 0 Å². The highest BCUT2D eigenvalue weighted by atomic mass is 19.4. The van der Waals surface area contributed by atoms with E-state index in [1.165, 1.54) is 0 Å². The molecule has 238 valence electrons. The molecule has 0 aromatic heterocycles. The maximum absolute atomic E-state index is 13.4. The molecule has 0 aromatic carbocycles. The number of rotatable bonds is 8. The standard InChI is InChI=1S/C14F26/c15-3(16,1-2-4(17,18)6(21,22)13(35,36)37)5(19,20)7(23,24)8(25,26)9(27,28)10(29,30)11(31,32)12(33,34)14(38,39)40. The Morgan fingerprint density at radius 1 is 0.200 bits per heavy atom. The Balaban J connectivity index is 7.10. The van der Waals surface area contributed by atoms with Crippen molar-refractivity contribution in [2.45, 2.75) is 71.6 Å². The molecule has 0 fully saturated rings. The van der Waals surface area contributed by atoms with Crippen LogP contribution in [0.25, 0.3) is 0 Å². The van der Waals surface area contributed by atoms with E-state index in [2.05, 4.69) is 0 Å². The Kier molecular flexibility index (Phi) is 8.60. The smallest absolute Gasteiger partial charge is 0.192 e. The summed E-state index contributed by atoms with van der Waals surface area (Å²) in [7, 11) is 0. The van der Waals surface area contributed by atoms with Gasteiger partial charge in [0.2, 0.25) is 0 Å². The van der Waals surface area contributed by atoms with Gasteiger partial charge >= 0.3 is 71.6 Å². The minimum absolute atomic E-state index is 1.44. The lowest BCUT2D eigenvalue weighted by molar-refractivity contribution is -0.466. The Bertz CT molecular complexity index is 991. The van der Waals surface area contributed by atoms with E-state index < -0.39 is 83.4 Å². The second-order valence-corrected chi connectivity index (χ2v) is 6.99. The van der Waals surface area contributed by atoms with Gasteiger partial charge in [0.1, 0.15) is 0 Å². The quantitative estimate of drug-likeness (QED) is 0.181. The number of alkyl halides is 26. The van der Waals surface area contributed by atoms with Gasteiger partial charge < -0.3 is 0 Å². The van der Waals surface area contributed by atoms with Gasteiger partial charge in [-0.15, -0.1) is 0 Å². The predicted octanol–water partition coefficient (Wildman–Crippen LogP) is 8.47. The monoisotopic (exact) mass is 662 g/mol. The maximum atomic E-state index is 13.4. The SMILES string of the molecule is FC(F)(F)C(F)(F)C(F)(F)C#CC(F)(F)C(F)(F)C(F)(F)C(F)(F)C(F)(F)C(F)(F)C(F)(F)C(F)(F)C(F)(F)F. The molecule has 0 spiro atoms. The van der Waals surface area contributed by atoms with Crippen molar-refractivity contribution in [2.24, 2.45) is 0 Å². The van der Waals surface area contributed by atoms with Crippen LogP contribution < -0.4 is 0 Å². The van der Waals surface area contributed by atoms with Crippen molar-refractivity contribution < 1.29 is 114 Å². The second kappa shape index (κ2) is 9.12. The topological polar surface area (TPSA) is 0 Å². The summed E-state index contributed by atoms with van der Waals surface area (Å²) >= 11 is 0. The molecular formula is C14F26. The van der Waals surface area contributed by atoms with Crippen LogP contribution in [0, 0.1) is 11.8 Å². The molecule has 0 aromatic rings. The summed E-state index contributed by atoms with van der Waals surface area (Å²) < 4.78 is 333. The maximum Gasteiger partial charge on any atom is 0.461 e. The third-order valence-corrected chi connectivity index (χ3v) is 4.24. The zero-order valence-corrected chi connectivity index (χ0v) is 16.8. The molecule has 0 N–H and O–H groups in total. The van der Waals surface area contributed by atoms with Crippen molar-refractivity contribution in [1.82, 2.24) is 0 Å². The highest BCUT2D eigenvalue weighted by Gasteiger charge is 2.96. The van der Waals surface area contributed by atoms with Crippen LogP contribution in [-0.2, 0) is 0 Å². The normalized spacial score (nSPS) is 16.6. The van der Waals surface area contributed by atoms with Crippen LogP contribution in [0.4, 0.5) is 114 Å². The van der Waals surface area contributed by atoms with Crippen molar-refractivity contribution in [3.05, 3.63) is 0 Å². The van der Waals surface area contributed by atoms with E-state index in [0.29, 0.717) is 0 Å². The highest BCUT2D eigenvalue weighted by molar-refractivity contribution is 5.26. The summed E-state index contributed by atoms with van der Waals surface area (Å²) in [6.07, 6.45) is -15.6. The first kappa shape index (κ1) is 37.7. The van der Waals surface area contributed by atoms with Gasteiger partial charge in [0, 0.05) is 0 Å². The third kappa shape index (κ3) is 4.81. The van der Waals surface area contributed by atoms with Crippen LogP contribution >= 0.6 is 0 Å². The average Bonchev–Trinajstić information content (AvgIpc) is 2.69. The van der Waals surface area contributed by atoms with E-state index in [1.807, 2.05) is 0 Å². The van der Waals surface area contributed by atoms with Crippen molar-refractivity contribution in [2.75, 3.05) is 0 Å². The summed E-state index contributed by atoms with van der Waals surface area (Å²) in [5.41, 5.74) is 0. The van der Waals surface area contributed by atoms with Gasteiger partial charge in [-0.2, -0.15) is 114 Å². The van der Waals surface area contributed by atoms with Crippen LogP contribution in [0.5, 0.6) is 0 Å². The van der Waals surface area contributed by atoms with E-state index in [1.54, 1.807) is 0 Å². The fourth-order valence-corrected chi connectivity index (χ4v) is 1.85. The molecule has 40 heavy (non-hydrogen) atoms. The molecule has 0 amide bonds. The van der Waals surface area contributed by atoms with Gasteiger partial charge in [-0.3, -0.25) is 0 Å². The summed E-state index contributed by atoms with van der Waals surface area (Å²) in [5.74, 6) is -89.6. The Morgan fingerprint density at radius 2 is 0.375 bits per heavy atom. The molecule has 0 saturated heterocycles. The fraction of sp³-hybridized carbons (Fsp3) is 0.857. The van der Waals surface area contributed by atoms with E-state index in [0.717, 1.165) is 0 Å². The van der Waals surface area contributed by atoms with Crippen molar-refractivity contribution in [3.8, 4) is 11.8 Å². The Morgan fingerprint density at radius 3 is 0.600 bits per heavy atom. The second-order valence-electron chi connectivity index (χ2n) is 6.99. The van der Waals surface area contributed by atoms with Gasteiger partial charge in [0.25, 0.3) is 0 Å². The van der Waals surface area contributed by atoms with Gasteiger partial charge in [-0.05, 0) is 11.8 Å². The molecule has 0 nitrogen and oxygen atoms in total. The minimum atomic E-state index is -9.36. The molecule has 0 rings (SSSR count). The van der Waals surface area contributed by atoms with Crippen LogP contribution in [0.15, 0.2) is 0 Å². The minimum Gasteiger partial charge on any atom is -0.192 e. The number of halogens is 26. The fourth-order valence-electron chi connectivity index (χ4n) is 1.85. The molecule has 0 unspecified atom stereocenters. The summed E-state index contributed by atoms with van der Waals surface area (Å²) in [6, 6.07) is 0. The summed E-state index contributed by atoms with van der Waals surface area (Å²) in [6.45, 7) is 0. The first-order valence-corrected chi connectivity index (χ1v) is 8.16. The van der Waals surface area contributed by atoms with Crippen molar-refractivity contribution in [1.29, 1.82) is 0 Å². The first-order chi connectivity index (χ1) is 16.7. The van der Waals surface area contributed by atoms with Crippen LogP contribution in [0.1, 0.15) is 0 Å². The lowest BCUT2D eigenvalue weighted by atomic mass is 9.87. The first-order valence-electron chi connectivity index (χ1n) is 8.16. The van der Waals surface area contributed by atoms with Gasteiger partial charge in [-0.25, -0.2) is 0 Å². The molecule has 0 aliphatic rings. The van der Waals surface area contributed by atoms with E-state index in [9.17, 15) is 114 Å². The lowest BCUT2D eigenvalue weighted by Gasteiger charge is -2.43. The highest BCUT2D eigenvalue weighted by Crippen LogP contribution is 2.65. The zero-order chi connectivity index (χ0) is 33.4. The lowest BCUT2D eigenvalue weighted by Crippen LogP contribution is -2.75. The molecule has 0 aliphatic heterocycles. The molecule has 0 heterocycles. The molecular weight excluding hydrogens is 662 g/mol. The van der Waals surface area contributed by atoms with E-state index in [4.69, 9.17) is 0 Å². The van der Waals surface area contributed by atoms with Crippen LogP contribution in [-0.4, -0.2) is 71.6 Å². The summed E-state index contributed by atoms with van der Waals surface area (Å²) in [4.78, 5) is 0. The average molecular weight is 662 g/mol. The van der Waals surface area contributed by atoms with Gasteiger partial charge in [0.15, 0.2) is 0 Å². The molecule has 0 aliphatic carbocycles. The molecule has 0 radical (unpaired) electrons. The third-order valence-electron chi connectivity index (χ3n) is 4.24. The zero-order valence-electron chi connectivity index (χ0n) is 16.8. The van der Waals surface area contributed by atoms with E-state index in [-0.39, 0.29) is 0 Å². The summed E-state index contributed by atoms with van der Waals surface area (Å²) in [5, 5.41) is 0. The molecule has 0 saturated carbocycles. The molecule has 0 bridgehead atoms. The van der Waals surface area contributed by atoms with Crippen molar-refractivity contribution in [3.63, 3.8) is 0 Å². The molecule has 26 heteroatoms. The van der Waals surface area contributed by atoms with Gasteiger partial charge in [0.05, 0.1) is 0 Å². The van der Waals surface area contributed by atoms with Crippen molar-refractivity contribution >= 4 is 0 Å². The number of hydrogen-bond acceptors (Lipinski definition) is 0. The van der Waals surface area contributed by atoms with Crippen LogP contribution in [0.3, 0.4) is 0 Å². The number of hydrogen-bond donors (Lipinski definition) is 0. The predicted molar refractivity (Wildman–Crippen MR) is 69.4 cm³/mol.